The molecule has 9 heteroatoms. The summed E-state index contributed by atoms with van der Waals surface area (Å²) >= 11 is 1.07. The summed E-state index contributed by atoms with van der Waals surface area (Å²) < 4.78 is 40.4. The first-order valence-corrected chi connectivity index (χ1v) is 9.85. The van der Waals surface area contributed by atoms with Crippen molar-refractivity contribution in [3.05, 3.63) is 16.8 Å². The predicted octanol–water partition coefficient (Wildman–Crippen LogP) is 3.29. The highest BCUT2D eigenvalue weighted by atomic mass is 32.1. The van der Waals surface area contributed by atoms with E-state index in [1.165, 1.54) is 0 Å². The van der Waals surface area contributed by atoms with E-state index < -0.39 is 11.7 Å². The van der Waals surface area contributed by atoms with Gasteiger partial charge in [0.05, 0.1) is 15.8 Å². The highest BCUT2D eigenvalue weighted by molar-refractivity contribution is 7.18. The number of nitrogens with zero attached hydrogens (tertiary/aromatic N) is 3. The Balaban J connectivity index is 1.61. The van der Waals surface area contributed by atoms with Crippen molar-refractivity contribution >= 4 is 27.4 Å². The average molecular weight is 385 g/mol. The zero-order valence-electron chi connectivity index (χ0n) is 14.6. The van der Waals surface area contributed by atoms with Crippen molar-refractivity contribution in [1.29, 1.82) is 0 Å². The minimum absolute atomic E-state index is 0.0382. The molecule has 5 nitrogen and oxygen atoms in total. The molecule has 0 aromatic carbocycles. The van der Waals surface area contributed by atoms with Crippen molar-refractivity contribution < 1.29 is 13.2 Å². The van der Waals surface area contributed by atoms with E-state index in [1.807, 2.05) is 6.92 Å². The summed E-state index contributed by atoms with van der Waals surface area (Å²) in [5, 5.41) is 7.82. The number of piperazine rings is 1. The summed E-state index contributed by atoms with van der Waals surface area (Å²) in [5.41, 5.74) is -0.615. The Morgan fingerprint density at radius 1 is 1.31 bits per heavy atom. The maximum Gasteiger partial charge on any atom is 0.419 e. The highest BCUT2D eigenvalue weighted by Gasteiger charge is 2.36. The van der Waals surface area contributed by atoms with Gasteiger partial charge >= 0.3 is 6.18 Å². The third-order valence-electron chi connectivity index (χ3n) is 4.81. The van der Waals surface area contributed by atoms with Crippen LogP contribution in [0.25, 0.3) is 10.2 Å². The number of alkyl halides is 3. The molecule has 2 fully saturated rings. The molecule has 26 heavy (non-hydrogen) atoms. The van der Waals surface area contributed by atoms with Gasteiger partial charge in [-0.15, -0.1) is 11.3 Å². The number of nitrogens with one attached hydrogen (secondary N) is 2. The Labute approximate surface area is 154 Å². The molecule has 2 aliphatic rings. The van der Waals surface area contributed by atoms with Crippen LogP contribution in [0.1, 0.15) is 37.1 Å². The van der Waals surface area contributed by atoms with Crippen LogP contribution >= 0.6 is 11.3 Å². The van der Waals surface area contributed by atoms with Gasteiger partial charge in [-0.3, -0.25) is 4.90 Å². The first-order valence-electron chi connectivity index (χ1n) is 8.98. The Morgan fingerprint density at radius 3 is 2.69 bits per heavy atom. The molecule has 1 aliphatic carbocycles. The van der Waals surface area contributed by atoms with E-state index in [4.69, 9.17) is 0 Å². The van der Waals surface area contributed by atoms with Crippen LogP contribution in [-0.4, -0.2) is 53.6 Å². The van der Waals surface area contributed by atoms with Crippen LogP contribution in [0.2, 0.25) is 0 Å². The quantitative estimate of drug-likeness (QED) is 0.827. The van der Waals surface area contributed by atoms with E-state index in [0.717, 1.165) is 62.3 Å². The molecule has 0 amide bonds. The van der Waals surface area contributed by atoms with Gasteiger partial charge in [-0.2, -0.15) is 13.2 Å². The minimum atomic E-state index is -4.39. The van der Waals surface area contributed by atoms with E-state index in [0.29, 0.717) is 16.3 Å². The Morgan fingerprint density at radius 2 is 2.04 bits per heavy atom. The molecule has 0 spiro atoms. The van der Waals surface area contributed by atoms with Gasteiger partial charge in [0.2, 0.25) is 0 Å². The van der Waals surface area contributed by atoms with Crippen molar-refractivity contribution in [2.75, 3.05) is 38.0 Å². The summed E-state index contributed by atoms with van der Waals surface area (Å²) in [6.07, 6.45) is -2.49. The van der Waals surface area contributed by atoms with Crippen LogP contribution in [-0.2, 0) is 6.18 Å². The number of anilines is 1. The fourth-order valence-electron chi connectivity index (χ4n) is 3.32. The molecule has 142 valence electrons. The number of hydrogen-bond acceptors (Lipinski definition) is 6. The minimum Gasteiger partial charge on any atom is -0.365 e. The number of thiophene rings is 1. The Hall–Kier alpha value is -1.45. The molecule has 1 atom stereocenters. The monoisotopic (exact) mass is 385 g/mol. The number of halogens is 3. The maximum absolute atomic E-state index is 13.3. The summed E-state index contributed by atoms with van der Waals surface area (Å²) in [4.78, 5) is 11.2. The van der Waals surface area contributed by atoms with Crippen LogP contribution in [0.5, 0.6) is 0 Å². The SMILES string of the molecule is C[C@@H](CN1CCNCC1)Nc1nc(C2CC2)nc2c(C(F)(F)F)csc12. The van der Waals surface area contributed by atoms with Gasteiger partial charge < -0.3 is 10.6 Å². The van der Waals surface area contributed by atoms with Gasteiger partial charge in [0.15, 0.2) is 0 Å². The van der Waals surface area contributed by atoms with Gasteiger partial charge in [0.25, 0.3) is 0 Å². The van der Waals surface area contributed by atoms with E-state index in [9.17, 15) is 13.2 Å². The molecule has 0 bridgehead atoms. The molecule has 0 radical (unpaired) electrons. The van der Waals surface area contributed by atoms with Gasteiger partial charge in [0.1, 0.15) is 11.6 Å². The Bertz CT molecular complexity index is 781. The Kier molecular flexibility index (Phi) is 4.79. The average Bonchev–Trinajstić information content (AvgIpc) is 3.33. The number of aromatic nitrogens is 2. The van der Waals surface area contributed by atoms with Gasteiger partial charge in [-0.1, -0.05) is 0 Å². The second-order valence-electron chi connectivity index (χ2n) is 7.13. The van der Waals surface area contributed by atoms with Crippen molar-refractivity contribution in [2.24, 2.45) is 0 Å². The van der Waals surface area contributed by atoms with Crippen LogP contribution < -0.4 is 10.6 Å². The lowest BCUT2D eigenvalue weighted by Crippen LogP contribution is -2.47. The van der Waals surface area contributed by atoms with E-state index in [2.05, 4.69) is 25.5 Å². The smallest absolute Gasteiger partial charge is 0.365 e. The molecule has 3 heterocycles. The normalized spacial score (nSPS) is 20.5. The molecule has 2 N–H and O–H groups in total. The molecular formula is C17H22F3N5S. The summed E-state index contributed by atoms with van der Waals surface area (Å²) in [6, 6.07) is 0.0923. The maximum atomic E-state index is 13.3. The molecular weight excluding hydrogens is 363 g/mol. The highest BCUT2D eigenvalue weighted by Crippen LogP contribution is 2.43. The third-order valence-corrected chi connectivity index (χ3v) is 5.78. The first-order chi connectivity index (χ1) is 12.4. The fourth-order valence-corrected chi connectivity index (χ4v) is 4.28. The molecule has 4 rings (SSSR count). The van der Waals surface area contributed by atoms with Crippen molar-refractivity contribution in [1.82, 2.24) is 20.2 Å². The van der Waals surface area contributed by atoms with Gasteiger partial charge in [0, 0.05) is 50.1 Å². The number of rotatable bonds is 5. The van der Waals surface area contributed by atoms with Gasteiger partial charge in [-0.25, -0.2) is 9.97 Å². The largest absolute Gasteiger partial charge is 0.419 e. The molecule has 1 aliphatic heterocycles. The predicted molar refractivity (Wildman–Crippen MR) is 96.8 cm³/mol. The summed E-state index contributed by atoms with van der Waals surface area (Å²) in [7, 11) is 0. The lowest BCUT2D eigenvalue weighted by atomic mass is 10.2. The molecule has 0 unspecified atom stereocenters. The van der Waals surface area contributed by atoms with Gasteiger partial charge in [-0.05, 0) is 19.8 Å². The lowest BCUT2D eigenvalue weighted by Gasteiger charge is -2.30. The fraction of sp³-hybridized carbons (Fsp3) is 0.647. The first kappa shape index (κ1) is 17.9. The van der Waals surface area contributed by atoms with E-state index in [1.54, 1.807) is 0 Å². The second kappa shape index (κ2) is 6.94. The molecule has 1 saturated heterocycles. The zero-order chi connectivity index (χ0) is 18.3. The third kappa shape index (κ3) is 3.79. The second-order valence-corrected chi connectivity index (χ2v) is 8.01. The molecule has 2 aromatic rings. The van der Waals surface area contributed by atoms with Crippen molar-refractivity contribution in [2.45, 2.75) is 37.9 Å². The van der Waals surface area contributed by atoms with Crippen molar-refractivity contribution in [3.8, 4) is 0 Å². The molecule has 1 saturated carbocycles. The van der Waals surface area contributed by atoms with Crippen LogP contribution in [0.3, 0.4) is 0 Å². The van der Waals surface area contributed by atoms with Crippen LogP contribution in [0.4, 0.5) is 19.0 Å². The van der Waals surface area contributed by atoms with Crippen molar-refractivity contribution in [3.63, 3.8) is 0 Å². The van der Waals surface area contributed by atoms with Crippen LogP contribution in [0.15, 0.2) is 5.38 Å². The van der Waals surface area contributed by atoms with Crippen LogP contribution in [0, 0.1) is 0 Å². The summed E-state index contributed by atoms with van der Waals surface area (Å²) in [6.45, 7) is 6.78. The van der Waals surface area contributed by atoms with E-state index >= 15 is 0 Å². The topological polar surface area (TPSA) is 53.1 Å². The summed E-state index contributed by atoms with van der Waals surface area (Å²) in [5.74, 6) is 1.28. The molecule has 2 aromatic heterocycles. The van der Waals surface area contributed by atoms with E-state index in [-0.39, 0.29) is 17.5 Å². The zero-order valence-corrected chi connectivity index (χ0v) is 15.4. The lowest BCUT2D eigenvalue weighted by molar-refractivity contribution is -0.136. The number of hydrogen-bond donors (Lipinski definition) is 2. The standard InChI is InChI=1S/C17H22F3N5S/c1-10(8-25-6-4-21-5-7-25)22-16-14-13(12(9-26-14)17(18,19)20)23-15(24-16)11-2-3-11/h9-11,21H,2-8H2,1H3,(H,22,23,24)/t10-/m0/s1. The number of fused-ring (bicyclic) bond motifs is 1.